The molecule has 84 valence electrons. The van der Waals surface area contributed by atoms with Gasteiger partial charge >= 0.3 is 5.97 Å². The average molecular weight is 219 g/mol. The minimum absolute atomic E-state index is 0.0626. The fourth-order valence-electron chi connectivity index (χ4n) is 1.35. The zero-order chi connectivity index (χ0) is 11.8. The van der Waals surface area contributed by atoms with Gasteiger partial charge in [0.1, 0.15) is 0 Å². The highest BCUT2D eigenvalue weighted by molar-refractivity contribution is 5.70. The lowest BCUT2D eigenvalue weighted by atomic mass is 10.0. The van der Waals surface area contributed by atoms with Crippen LogP contribution in [0, 0.1) is 0 Å². The highest BCUT2D eigenvalue weighted by Gasteiger charge is 2.15. The van der Waals surface area contributed by atoms with Crippen molar-refractivity contribution >= 4 is 12.0 Å². The third kappa shape index (κ3) is 3.67. The van der Waals surface area contributed by atoms with Crippen LogP contribution in [-0.4, -0.2) is 18.7 Å². The van der Waals surface area contributed by atoms with Crippen molar-refractivity contribution in [1.82, 2.24) is 0 Å². The first-order valence-electron chi connectivity index (χ1n) is 5.05. The number of carbonyl (C=O) groups excluding carboxylic acids is 2. The molecule has 0 amide bonds. The number of rotatable bonds is 5. The normalized spacial score (nSPS) is 11.3. The second kappa shape index (κ2) is 6.53. The molecule has 0 aliphatic rings. The number of esters is 1. The summed E-state index contributed by atoms with van der Waals surface area (Å²) in [5.74, 6) is -0.365. The van der Waals surface area contributed by atoms with E-state index in [1.807, 2.05) is 30.3 Å². The van der Waals surface area contributed by atoms with Gasteiger partial charge in [0.15, 0.2) is 0 Å². The first-order chi connectivity index (χ1) is 7.77. The highest BCUT2D eigenvalue weighted by Crippen LogP contribution is 2.20. The molecule has 0 aliphatic carbocycles. The predicted molar refractivity (Wildman–Crippen MR) is 58.6 cm³/mol. The van der Waals surface area contributed by atoms with Gasteiger partial charge in [-0.2, -0.15) is 4.99 Å². The second-order valence-corrected chi connectivity index (χ2v) is 3.16. The molecule has 0 spiro atoms. The molecule has 1 rings (SSSR count). The van der Waals surface area contributed by atoms with Gasteiger partial charge in [-0.15, -0.1) is 0 Å². The van der Waals surface area contributed by atoms with Crippen LogP contribution in [0.15, 0.2) is 35.3 Å². The van der Waals surface area contributed by atoms with Gasteiger partial charge in [-0.1, -0.05) is 30.3 Å². The fourth-order valence-corrected chi connectivity index (χ4v) is 1.35. The zero-order valence-corrected chi connectivity index (χ0v) is 9.05. The Morgan fingerprint density at radius 1 is 1.44 bits per heavy atom. The minimum atomic E-state index is -0.502. The molecule has 1 atom stereocenters. The Kier molecular flexibility index (Phi) is 4.96. The minimum Gasteiger partial charge on any atom is -0.466 e. The van der Waals surface area contributed by atoms with Gasteiger partial charge in [-0.3, -0.25) is 4.79 Å². The Hall–Kier alpha value is -1.93. The maximum absolute atomic E-state index is 11.3. The molecule has 1 aromatic rings. The number of isocyanates is 1. The molecule has 4 nitrogen and oxygen atoms in total. The van der Waals surface area contributed by atoms with Crippen molar-refractivity contribution in [3.05, 3.63) is 35.9 Å². The largest absolute Gasteiger partial charge is 0.466 e. The van der Waals surface area contributed by atoms with Crippen LogP contribution < -0.4 is 0 Å². The molecule has 1 aromatic carbocycles. The van der Waals surface area contributed by atoms with Crippen LogP contribution in [0.1, 0.15) is 24.9 Å². The maximum Gasteiger partial charge on any atom is 0.308 e. The molecule has 0 unspecified atom stereocenters. The topological polar surface area (TPSA) is 55.7 Å². The molecule has 0 aromatic heterocycles. The van der Waals surface area contributed by atoms with Crippen molar-refractivity contribution in [3.8, 4) is 0 Å². The molecule has 4 heteroatoms. The van der Waals surface area contributed by atoms with Crippen molar-refractivity contribution in [2.75, 3.05) is 6.61 Å². The molecule has 0 aliphatic heterocycles. The van der Waals surface area contributed by atoms with Gasteiger partial charge < -0.3 is 4.74 Å². The Balaban J connectivity index is 2.76. The lowest BCUT2D eigenvalue weighted by molar-refractivity contribution is -0.143. The van der Waals surface area contributed by atoms with E-state index in [9.17, 15) is 9.59 Å². The SMILES string of the molecule is CCOC(=O)C[C@@H](N=C=O)c1ccccc1. The van der Waals surface area contributed by atoms with E-state index in [4.69, 9.17) is 4.74 Å². The van der Waals surface area contributed by atoms with Crippen LogP contribution in [0.2, 0.25) is 0 Å². The summed E-state index contributed by atoms with van der Waals surface area (Å²) in [7, 11) is 0. The van der Waals surface area contributed by atoms with E-state index in [1.54, 1.807) is 6.92 Å². The highest BCUT2D eigenvalue weighted by atomic mass is 16.5. The molecular formula is C12H13NO3. The van der Waals surface area contributed by atoms with E-state index in [-0.39, 0.29) is 12.4 Å². The number of nitrogens with zero attached hydrogens (tertiary/aromatic N) is 1. The monoisotopic (exact) mass is 219 g/mol. The number of hydrogen-bond donors (Lipinski definition) is 0. The predicted octanol–water partition coefficient (Wildman–Crippen LogP) is 2.02. The summed E-state index contributed by atoms with van der Waals surface area (Å²) in [5, 5.41) is 0. The van der Waals surface area contributed by atoms with Gasteiger partial charge in [-0.05, 0) is 12.5 Å². The summed E-state index contributed by atoms with van der Waals surface area (Å²) in [6.45, 7) is 2.06. The Morgan fingerprint density at radius 2 is 2.12 bits per heavy atom. The summed E-state index contributed by atoms with van der Waals surface area (Å²) < 4.78 is 4.81. The molecule has 0 radical (unpaired) electrons. The Morgan fingerprint density at radius 3 is 2.69 bits per heavy atom. The Bertz CT molecular complexity index is 383. The van der Waals surface area contributed by atoms with Gasteiger partial charge in [0.05, 0.1) is 19.1 Å². The molecule has 0 heterocycles. The first-order valence-corrected chi connectivity index (χ1v) is 5.05. The summed E-state index contributed by atoms with van der Waals surface area (Å²) in [5.41, 5.74) is 0.805. The second-order valence-electron chi connectivity index (χ2n) is 3.16. The quantitative estimate of drug-likeness (QED) is 0.432. The van der Waals surface area contributed by atoms with E-state index in [0.717, 1.165) is 5.56 Å². The van der Waals surface area contributed by atoms with Crippen LogP contribution in [0.3, 0.4) is 0 Å². The van der Waals surface area contributed by atoms with Gasteiger partial charge in [0.25, 0.3) is 0 Å². The molecule has 0 saturated heterocycles. The van der Waals surface area contributed by atoms with E-state index >= 15 is 0 Å². The van der Waals surface area contributed by atoms with Crippen LogP contribution in [0.25, 0.3) is 0 Å². The molecular weight excluding hydrogens is 206 g/mol. The lowest BCUT2D eigenvalue weighted by Gasteiger charge is -2.09. The standard InChI is InChI=1S/C12H13NO3/c1-2-16-12(15)8-11(13-9-14)10-6-4-3-5-7-10/h3-7,11H,2,8H2,1H3/t11-/m1/s1. The summed E-state index contributed by atoms with van der Waals surface area (Å²) in [6, 6.07) is 8.63. The molecule has 16 heavy (non-hydrogen) atoms. The molecule has 0 saturated carbocycles. The van der Waals surface area contributed by atoms with E-state index < -0.39 is 6.04 Å². The summed E-state index contributed by atoms with van der Waals surface area (Å²) in [4.78, 5) is 25.2. The fraction of sp³-hybridized carbons (Fsp3) is 0.333. The number of benzene rings is 1. The first kappa shape index (κ1) is 12.1. The maximum atomic E-state index is 11.3. The molecule has 0 N–H and O–H groups in total. The van der Waals surface area contributed by atoms with Gasteiger partial charge in [0, 0.05) is 0 Å². The number of ether oxygens (including phenoxy) is 1. The third-order valence-corrected chi connectivity index (χ3v) is 2.06. The van der Waals surface area contributed by atoms with Gasteiger partial charge in [0.2, 0.25) is 6.08 Å². The van der Waals surface area contributed by atoms with Crippen LogP contribution >= 0.6 is 0 Å². The van der Waals surface area contributed by atoms with Crippen LogP contribution in [0.4, 0.5) is 0 Å². The average Bonchev–Trinajstić information content (AvgIpc) is 2.30. The summed E-state index contributed by atoms with van der Waals surface area (Å²) >= 11 is 0. The van der Waals surface area contributed by atoms with Gasteiger partial charge in [-0.25, -0.2) is 4.79 Å². The van der Waals surface area contributed by atoms with Crippen molar-refractivity contribution in [1.29, 1.82) is 0 Å². The van der Waals surface area contributed by atoms with E-state index in [0.29, 0.717) is 6.61 Å². The van der Waals surface area contributed by atoms with Crippen molar-refractivity contribution < 1.29 is 14.3 Å². The van der Waals surface area contributed by atoms with E-state index in [1.165, 1.54) is 6.08 Å². The van der Waals surface area contributed by atoms with Crippen molar-refractivity contribution in [2.45, 2.75) is 19.4 Å². The van der Waals surface area contributed by atoms with Crippen molar-refractivity contribution in [3.63, 3.8) is 0 Å². The number of carbonyl (C=O) groups is 1. The third-order valence-electron chi connectivity index (χ3n) is 2.06. The van der Waals surface area contributed by atoms with Crippen molar-refractivity contribution in [2.24, 2.45) is 4.99 Å². The smallest absolute Gasteiger partial charge is 0.308 e. The zero-order valence-electron chi connectivity index (χ0n) is 9.05. The number of hydrogen-bond acceptors (Lipinski definition) is 4. The van der Waals surface area contributed by atoms with Crippen LogP contribution in [-0.2, 0) is 14.3 Å². The Labute approximate surface area is 94.0 Å². The number of aliphatic imine (C=N–C) groups is 1. The van der Waals surface area contributed by atoms with E-state index in [2.05, 4.69) is 4.99 Å². The molecule has 0 fully saturated rings. The lowest BCUT2D eigenvalue weighted by Crippen LogP contribution is -2.09. The summed E-state index contributed by atoms with van der Waals surface area (Å²) in [6.07, 6.45) is 1.54. The molecule has 0 bridgehead atoms. The van der Waals surface area contributed by atoms with Crippen LogP contribution in [0.5, 0.6) is 0 Å².